The maximum atomic E-state index is 11.3. The zero-order valence-electron chi connectivity index (χ0n) is 16.9. The zero-order valence-corrected chi connectivity index (χ0v) is 16.9. The normalized spacial score (nSPS) is 11.2. The Morgan fingerprint density at radius 3 is 2.57 bits per heavy atom. The van der Waals surface area contributed by atoms with Crippen molar-refractivity contribution in [2.45, 2.75) is 13.3 Å². The Morgan fingerprint density at radius 2 is 1.87 bits per heavy atom. The van der Waals surface area contributed by atoms with Gasteiger partial charge < -0.3 is 28.6 Å². The SMILES string of the molecule is CCOc1ccccc1/C=C(\CC(=O)[O-])c1nc(-c2ccc(OC)c(OC)c2)no1. The number of aromatic nitrogens is 2. The van der Waals surface area contributed by atoms with Gasteiger partial charge in [0, 0.05) is 29.1 Å². The van der Waals surface area contributed by atoms with Crippen molar-refractivity contribution in [1.82, 2.24) is 10.1 Å². The molecule has 2 aromatic carbocycles. The number of hydrogen-bond donors (Lipinski definition) is 0. The molecule has 0 unspecified atom stereocenters. The number of carboxylic acid groups (broad SMARTS) is 1. The molecule has 0 bridgehead atoms. The number of aliphatic carboxylic acids is 1. The van der Waals surface area contributed by atoms with Crippen molar-refractivity contribution in [1.29, 1.82) is 0 Å². The van der Waals surface area contributed by atoms with Gasteiger partial charge in [0.1, 0.15) is 5.75 Å². The lowest BCUT2D eigenvalue weighted by molar-refractivity contribution is -0.304. The van der Waals surface area contributed by atoms with E-state index < -0.39 is 12.4 Å². The first-order valence-electron chi connectivity index (χ1n) is 9.24. The lowest BCUT2D eigenvalue weighted by Crippen LogP contribution is -2.22. The minimum absolute atomic E-state index is 0.0790. The second-order valence-corrected chi connectivity index (χ2v) is 6.18. The van der Waals surface area contributed by atoms with Gasteiger partial charge in [-0.15, -0.1) is 0 Å². The molecule has 8 heteroatoms. The molecule has 0 atom stereocenters. The van der Waals surface area contributed by atoms with Crippen LogP contribution in [-0.2, 0) is 4.79 Å². The summed E-state index contributed by atoms with van der Waals surface area (Å²) in [5, 5.41) is 15.3. The van der Waals surface area contributed by atoms with Crippen LogP contribution in [0.5, 0.6) is 17.2 Å². The van der Waals surface area contributed by atoms with Gasteiger partial charge in [-0.05, 0) is 37.3 Å². The smallest absolute Gasteiger partial charge is 0.254 e. The quantitative estimate of drug-likeness (QED) is 0.531. The summed E-state index contributed by atoms with van der Waals surface area (Å²) in [6, 6.07) is 12.5. The highest BCUT2D eigenvalue weighted by atomic mass is 16.5. The van der Waals surface area contributed by atoms with Crippen LogP contribution in [0.4, 0.5) is 0 Å². The monoisotopic (exact) mass is 409 g/mol. The van der Waals surface area contributed by atoms with Gasteiger partial charge >= 0.3 is 0 Å². The summed E-state index contributed by atoms with van der Waals surface area (Å²) in [4.78, 5) is 15.7. The van der Waals surface area contributed by atoms with Gasteiger partial charge in [-0.1, -0.05) is 23.4 Å². The fourth-order valence-corrected chi connectivity index (χ4v) is 2.86. The minimum Gasteiger partial charge on any atom is -0.550 e. The number of benzene rings is 2. The average molecular weight is 409 g/mol. The van der Waals surface area contributed by atoms with E-state index in [1.807, 2.05) is 25.1 Å². The summed E-state index contributed by atoms with van der Waals surface area (Å²) in [6.45, 7) is 2.35. The number of carbonyl (C=O) groups is 1. The minimum atomic E-state index is -1.26. The molecule has 0 amide bonds. The van der Waals surface area contributed by atoms with Crippen LogP contribution < -0.4 is 19.3 Å². The predicted octanol–water partition coefficient (Wildman–Crippen LogP) is 2.83. The molecular weight excluding hydrogens is 388 g/mol. The molecule has 0 saturated heterocycles. The maximum Gasteiger partial charge on any atom is 0.254 e. The van der Waals surface area contributed by atoms with E-state index >= 15 is 0 Å². The van der Waals surface area contributed by atoms with E-state index in [0.717, 1.165) is 0 Å². The van der Waals surface area contributed by atoms with Crippen LogP contribution in [0.25, 0.3) is 23.0 Å². The van der Waals surface area contributed by atoms with Crippen LogP contribution >= 0.6 is 0 Å². The van der Waals surface area contributed by atoms with Gasteiger partial charge in [0.25, 0.3) is 5.89 Å². The summed E-state index contributed by atoms with van der Waals surface area (Å²) in [7, 11) is 3.07. The molecule has 0 aliphatic carbocycles. The molecule has 3 aromatic rings. The number of rotatable bonds is 9. The van der Waals surface area contributed by atoms with E-state index in [4.69, 9.17) is 18.7 Å². The van der Waals surface area contributed by atoms with Crippen molar-refractivity contribution in [2.75, 3.05) is 20.8 Å². The molecule has 0 spiro atoms. The molecule has 0 radical (unpaired) electrons. The van der Waals surface area contributed by atoms with Gasteiger partial charge in [0.15, 0.2) is 11.5 Å². The lowest BCUT2D eigenvalue weighted by Gasteiger charge is -2.09. The molecule has 0 fully saturated rings. The van der Waals surface area contributed by atoms with E-state index in [2.05, 4.69) is 10.1 Å². The zero-order chi connectivity index (χ0) is 21.5. The Labute approximate surface area is 173 Å². The Balaban J connectivity index is 2.00. The highest BCUT2D eigenvalue weighted by Gasteiger charge is 2.16. The number of ether oxygens (including phenoxy) is 3. The first-order chi connectivity index (χ1) is 14.5. The number of carbonyl (C=O) groups excluding carboxylic acids is 1. The molecule has 8 nitrogen and oxygen atoms in total. The van der Waals surface area contributed by atoms with Crippen molar-refractivity contribution in [2.24, 2.45) is 0 Å². The van der Waals surface area contributed by atoms with Gasteiger partial charge in [-0.2, -0.15) is 4.98 Å². The Kier molecular flexibility index (Phi) is 6.69. The number of carboxylic acids is 1. The molecule has 0 N–H and O–H groups in total. The standard InChI is InChI=1S/C22H22N2O6/c1-4-29-17-8-6-5-7-14(17)11-16(13-20(25)26)22-23-21(24-30-22)15-9-10-18(27-2)19(12-15)28-3/h5-12H,4,13H2,1-3H3,(H,25,26)/p-1/b16-11+. The van der Waals surface area contributed by atoms with Gasteiger partial charge in [-0.25, -0.2) is 0 Å². The third-order valence-corrected chi connectivity index (χ3v) is 4.23. The summed E-state index contributed by atoms with van der Waals surface area (Å²) < 4.78 is 21.5. The fourth-order valence-electron chi connectivity index (χ4n) is 2.86. The first kappa shape index (κ1) is 20.9. The van der Waals surface area contributed by atoms with Gasteiger partial charge in [-0.3, -0.25) is 0 Å². The highest BCUT2D eigenvalue weighted by Crippen LogP contribution is 2.32. The molecule has 156 valence electrons. The number of para-hydroxylation sites is 1. The van der Waals surface area contributed by atoms with E-state index in [-0.39, 0.29) is 11.7 Å². The Hall–Kier alpha value is -3.81. The maximum absolute atomic E-state index is 11.3. The van der Waals surface area contributed by atoms with E-state index in [1.54, 1.807) is 37.5 Å². The molecule has 30 heavy (non-hydrogen) atoms. The molecular formula is C22H21N2O6-. The molecule has 1 aromatic heterocycles. The molecule has 0 aliphatic heterocycles. The predicted molar refractivity (Wildman–Crippen MR) is 108 cm³/mol. The number of nitrogens with zero attached hydrogens (tertiary/aromatic N) is 2. The first-order valence-corrected chi connectivity index (χ1v) is 9.24. The van der Waals surface area contributed by atoms with Crippen LogP contribution in [0, 0.1) is 0 Å². The van der Waals surface area contributed by atoms with Crippen LogP contribution in [-0.4, -0.2) is 36.9 Å². The molecule has 1 heterocycles. The number of methoxy groups -OCH3 is 2. The topological polar surface area (TPSA) is 107 Å². The van der Waals surface area contributed by atoms with E-state index in [0.29, 0.717) is 40.6 Å². The Bertz CT molecular complexity index is 1060. The third-order valence-electron chi connectivity index (χ3n) is 4.23. The van der Waals surface area contributed by atoms with Crippen molar-refractivity contribution in [3.8, 4) is 28.6 Å². The summed E-state index contributed by atoms with van der Waals surface area (Å²) in [5.41, 5.74) is 1.63. The van der Waals surface area contributed by atoms with E-state index in [1.165, 1.54) is 7.11 Å². The van der Waals surface area contributed by atoms with Gasteiger partial charge in [0.05, 0.1) is 20.8 Å². The van der Waals surface area contributed by atoms with Crippen molar-refractivity contribution in [3.63, 3.8) is 0 Å². The van der Waals surface area contributed by atoms with E-state index in [9.17, 15) is 9.90 Å². The third kappa shape index (κ3) is 4.78. The summed E-state index contributed by atoms with van der Waals surface area (Å²) in [6.07, 6.45) is 1.25. The van der Waals surface area contributed by atoms with Crippen molar-refractivity contribution in [3.05, 3.63) is 53.9 Å². The molecule has 0 aliphatic rings. The number of hydrogen-bond acceptors (Lipinski definition) is 8. The van der Waals surface area contributed by atoms with Gasteiger partial charge in [0.2, 0.25) is 5.82 Å². The van der Waals surface area contributed by atoms with Crippen LogP contribution in [0.3, 0.4) is 0 Å². The lowest BCUT2D eigenvalue weighted by atomic mass is 10.1. The second kappa shape index (κ2) is 9.60. The highest BCUT2D eigenvalue weighted by molar-refractivity contribution is 5.89. The second-order valence-electron chi connectivity index (χ2n) is 6.18. The van der Waals surface area contributed by atoms with Crippen molar-refractivity contribution < 1.29 is 28.6 Å². The summed E-state index contributed by atoms with van der Waals surface area (Å²) in [5.74, 6) is 0.799. The largest absolute Gasteiger partial charge is 0.550 e. The van der Waals surface area contributed by atoms with Crippen LogP contribution in [0.1, 0.15) is 24.8 Å². The van der Waals surface area contributed by atoms with Crippen LogP contribution in [0.15, 0.2) is 47.0 Å². The van der Waals surface area contributed by atoms with Crippen molar-refractivity contribution >= 4 is 17.6 Å². The fraction of sp³-hybridized carbons (Fsp3) is 0.227. The Morgan fingerprint density at radius 1 is 1.10 bits per heavy atom. The molecule has 0 saturated carbocycles. The molecule has 3 rings (SSSR count). The average Bonchev–Trinajstić information content (AvgIpc) is 3.24. The van der Waals surface area contributed by atoms with Crippen LogP contribution in [0.2, 0.25) is 0 Å². The summed E-state index contributed by atoms with van der Waals surface area (Å²) >= 11 is 0.